The van der Waals surface area contributed by atoms with E-state index in [0.717, 1.165) is 12.1 Å². The number of aromatic nitrogens is 3. The number of anilines is 5. The van der Waals surface area contributed by atoms with Crippen molar-refractivity contribution >= 4 is 29.2 Å². The van der Waals surface area contributed by atoms with E-state index >= 15 is 0 Å². The van der Waals surface area contributed by atoms with Gasteiger partial charge in [0.15, 0.2) is 0 Å². The van der Waals surface area contributed by atoms with Crippen LogP contribution in [0.15, 0.2) is 24.3 Å². The van der Waals surface area contributed by atoms with Gasteiger partial charge in [-0.05, 0) is 30.7 Å². The van der Waals surface area contributed by atoms with Gasteiger partial charge in [0.1, 0.15) is 0 Å². The molecular formula is C19H29N9O2. The minimum absolute atomic E-state index is 0.0684. The third kappa shape index (κ3) is 4.87. The van der Waals surface area contributed by atoms with Crippen molar-refractivity contribution in [1.82, 2.24) is 15.0 Å². The van der Waals surface area contributed by atoms with Crippen molar-refractivity contribution in [1.29, 1.82) is 0 Å². The summed E-state index contributed by atoms with van der Waals surface area (Å²) in [6.07, 6.45) is -0.227. The highest BCUT2D eigenvalue weighted by atomic mass is 16.3. The molecule has 11 nitrogen and oxygen atoms in total. The minimum atomic E-state index is -0.653. The molecule has 0 unspecified atom stereocenters. The Morgan fingerprint density at radius 2 is 1.33 bits per heavy atom. The Hall–Kier alpha value is -2.73. The molecular weight excluding hydrogens is 386 g/mol. The van der Waals surface area contributed by atoms with Crippen LogP contribution >= 0.6 is 0 Å². The number of nitrogens with zero attached hydrogens (tertiary/aromatic N) is 5. The summed E-state index contributed by atoms with van der Waals surface area (Å²) in [6, 6.07) is 7.10. The zero-order chi connectivity index (χ0) is 21.3. The summed E-state index contributed by atoms with van der Waals surface area (Å²) >= 11 is 0. The highest BCUT2D eigenvalue weighted by Crippen LogP contribution is 2.24. The third-order valence-electron chi connectivity index (χ3n) is 5.27. The Bertz CT molecular complexity index is 801. The summed E-state index contributed by atoms with van der Waals surface area (Å²) in [6.45, 7) is 1.84. The van der Waals surface area contributed by atoms with Crippen molar-refractivity contribution in [2.45, 2.75) is 37.1 Å². The van der Waals surface area contributed by atoms with Crippen LogP contribution in [0, 0.1) is 0 Å². The van der Waals surface area contributed by atoms with Gasteiger partial charge < -0.3 is 42.5 Å². The van der Waals surface area contributed by atoms with Gasteiger partial charge in [-0.3, -0.25) is 0 Å². The van der Waals surface area contributed by atoms with Crippen LogP contribution in [0.4, 0.5) is 29.2 Å². The van der Waals surface area contributed by atoms with Crippen molar-refractivity contribution in [2.75, 3.05) is 47.0 Å². The number of hydrogen-bond acceptors (Lipinski definition) is 11. The third-order valence-corrected chi connectivity index (χ3v) is 5.27. The lowest BCUT2D eigenvalue weighted by Crippen LogP contribution is -2.53. The summed E-state index contributed by atoms with van der Waals surface area (Å²) < 4.78 is 0. The molecule has 4 rings (SSSR count). The summed E-state index contributed by atoms with van der Waals surface area (Å²) in [5.41, 5.74) is 19.5. The second kappa shape index (κ2) is 8.56. The monoisotopic (exact) mass is 415 g/mol. The molecule has 0 bridgehead atoms. The van der Waals surface area contributed by atoms with Gasteiger partial charge in [-0.15, -0.1) is 0 Å². The second-order valence-corrected chi connectivity index (χ2v) is 8.12. The normalized spacial score (nSPS) is 27.2. The molecule has 162 valence electrons. The van der Waals surface area contributed by atoms with E-state index in [0.29, 0.717) is 56.1 Å². The molecule has 2 aliphatic rings. The summed E-state index contributed by atoms with van der Waals surface area (Å²) in [5.74, 6) is 1.18. The average Bonchev–Trinajstić information content (AvgIpc) is 2.68. The lowest BCUT2D eigenvalue weighted by atomic mass is 10.0. The van der Waals surface area contributed by atoms with Crippen LogP contribution < -0.4 is 32.3 Å². The number of hydrogen-bond donors (Lipinski definition) is 6. The highest BCUT2D eigenvalue weighted by molar-refractivity contribution is 5.59. The minimum Gasteiger partial charge on any atom is -0.399 e. The van der Waals surface area contributed by atoms with Crippen LogP contribution in [0.25, 0.3) is 0 Å². The van der Waals surface area contributed by atoms with Gasteiger partial charge in [0.25, 0.3) is 0 Å². The van der Waals surface area contributed by atoms with Crippen LogP contribution in [-0.2, 0) is 0 Å². The maximum Gasteiger partial charge on any atom is 0.233 e. The largest absolute Gasteiger partial charge is 0.399 e. The van der Waals surface area contributed by atoms with Gasteiger partial charge >= 0.3 is 0 Å². The maximum atomic E-state index is 10.1. The first-order valence-electron chi connectivity index (χ1n) is 10.1. The first-order chi connectivity index (χ1) is 14.4. The molecule has 0 saturated carbocycles. The van der Waals surface area contributed by atoms with E-state index in [9.17, 15) is 10.2 Å². The number of nitrogens with one attached hydrogen (secondary N) is 1. The van der Waals surface area contributed by atoms with Crippen LogP contribution in [0.2, 0.25) is 0 Å². The van der Waals surface area contributed by atoms with E-state index in [2.05, 4.69) is 20.3 Å². The zero-order valence-corrected chi connectivity index (χ0v) is 16.7. The Kier molecular flexibility index (Phi) is 5.86. The molecule has 0 spiro atoms. The topological polar surface area (TPSA) is 176 Å². The van der Waals surface area contributed by atoms with Crippen molar-refractivity contribution in [3.8, 4) is 0 Å². The quantitative estimate of drug-likeness (QED) is 0.337. The number of nitrogen functional groups attached to an aromatic ring is 1. The first kappa shape index (κ1) is 20.5. The second-order valence-electron chi connectivity index (χ2n) is 8.12. The fraction of sp³-hybridized carbons (Fsp3) is 0.526. The van der Waals surface area contributed by atoms with Gasteiger partial charge in [0, 0.05) is 56.1 Å². The van der Waals surface area contributed by atoms with E-state index in [4.69, 9.17) is 17.2 Å². The average molecular weight is 416 g/mol. The smallest absolute Gasteiger partial charge is 0.233 e. The van der Waals surface area contributed by atoms with E-state index < -0.39 is 12.2 Å². The molecule has 0 amide bonds. The zero-order valence-electron chi connectivity index (χ0n) is 16.7. The standard InChI is InChI=1S/C19H29N9O2/c20-11-1-3-14(4-2-11)23-17-24-18(27-7-12(21)5-13(22)8-27)26-19(25-17)28-9-15(29)6-16(30)10-28/h1-4,12-13,15-16,29-30H,5-10,20-22H2,(H,23,24,25,26)/t12-,13+,15-,16-/m1/s1. The molecule has 4 atom stereocenters. The van der Waals surface area contributed by atoms with Crippen LogP contribution in [0.3, 0.4) is 0 Å². The van der Waals surface area contributed by atoms with E-state index in [1.165, 1.54) is 0 Å². The molecule has 11 heteroatoms. The fourth-order valence-corrected chi connectivity index (χ4v) is 3.94. The Balaban J connectivity index is 1.67. The first-order valence-corrected chi connectivity index (χ1v) is 10.1. The molecule has 0 aliphatic carbocycles. The maximum absolute atomic E-state index is 10.1. The Morgan fingerprint density at radius 1 is 0.800 bits per heavy atom. The van der Waals surface area contributed by atoms with Gasteiger partial charge in [-0.2, -0.15) is 15.0 Å². The molecule has 2 fully saturated rings. The molecule has 1 aromatic carbocycles. The lowest BCUT2D eigenvalue weighted by molar-refractivity contribution is 0.0645. The number of aliphatic hydroxyl groups is 2. The van der Waals surface area contributed by atoms with Crippen molar-refractivity contribution < 1.29 is 10.2 Å². The van der Waals surface area contributed by atoms with Gasteiger partial charge in [-0.1, -0.05) is 0 Å². The molecule has 3 heterocycles. The van der Waals surface area contributed by atoms with Gasteiger partial charge in [-0.25, -0.2) is 0 Å². The van der Waals surface area contributed by atoms with Crippen molar-refractivity contribution in [3.63, 3.8) is 0 Å². The SMILES string of the molecule is Nc1ccc(Nc2nc(N3C[C@H](N)C[C@H](N)C3)nc(N3C[C@H](O)C[C@@H](O)C3)n2)cc1. The predicted octanol–water partition coefficient (Wildman–Crippen LogP) is -1.01. The summed E-state index contributed by atoms with van der Waals surface area (Å²) in [5, 5.41) is 23.3. The lowest BCUT2D eigenvalue weighted by Gasteiger charge is -2.36. The van der Waals surface area contributed by atoms with Crippen LogP contribution in [-0.4, -0.2) is 75.6 Å². The number of piperidine rings is 2. The molecule has 0 radical (unpaired) electrons. The highest BCUT2D eigenvalue weighted by Gasteiger charge is 2.29. The Labute approximate surface area is 174 Å². The fourth-order valence-electron chi connectivity index (χ4n) is 3.94. The number of rotatable bonds is 4. The van der Waals surface area contributed by atoms with Crippen LogP contribution in [0.5, 0.6) is 0 Å². The van der Waals surface area contributed by atoms with Gasteiger partial charge in [0.2, 0.25) is 17.8 Å². The van der Waals surface area contributed by atoms with Gasteiger partial charge in [0.05, 0.1) is 12.2 Å². The molecule has 2 saturated heterocycles. The number of β-amino-alcohol motifs (C(OH)–C–C–N with tert-alkyl or cyclic N) is 2. The van der Waals surface area contributed by atoms with Crippen molar-refractivity contribution in [3.05, 3.63) is 24.3 Å². The van der Waals surface area contributed by atoms with E-state index in [1.54, 1.807) is 17.0 Å². The molecule has 30 heavy (non-hydrogen) atoms. The molecule has 9 N–H and O–H groups in total. The van der Waals surface area contributed by atoms with Crippen molar-refractivity contribution in [2.24, 2.45) is 11.5 Å². The van der Waals surface area contributed by atoms with E-state index in [-0.39, 0.29) is 12.1 Å². The summed E-state index contributed by atoms with van der Waals surface area (Å²) in [4.78, 5) is 17.4. The number of benzene rings is 1. The predicted molar refractivity (Wildman–Crippen MR) is 116 cm³/mol. The van der Waals surface area contributed by atoms with Crippen LogP contribution in [0.1, 0.15) is 12.8 Å². The number of aliphatic hydroxyl groups excluding tert-OH is 2. The number of nitrogens with two attached hydrogens (primary N) is 3. The molecule has 1 aromatic heterocycles. The molecule has 2 aliphatic heterocycles. The Morgan fingerprint density at radius 3 is 1.90 bits per heavy atom. The summed E-state index contributed by atoms with van der Waals surface area (Å²) in [7, 11) is 0. The van der Waals surface area contributed by atoms with E-state index in [1.807, 2.05) is 17.0 Å². The molecule has 2 aromatic rings.